The van der Waals surface area contributed by atoms with Gasteiger partial charge < -0.3 is 19.9 Å². The molecule has 1 saturated carbocycles. The highest BCUT2D eigenvalue weighted by molar-refractivity contribution is 5.94. The van der Waals surface area contributed by atoms with E-state index in [1.807, 2.05) is 56.0 Å². The van der Waals surface area contributed by atoms with Gasteiger partial charge in [0, 0.05) is 57.3 Å². The summed E-state index contributed by atoms with van der Waals surface area (Å²) in [5.41, 5.74) is 2.89. The van der Waals surface area contributed by atoms with E-state index in [2.05, 4.69) is 23.2 Å². The fourth-order valence-corrected chi connectivity index (χ4v) is 6.09. The van der Waals surface area contributed by atoms with Gasteiger partial charge in [-0.3, -0.25) is 9.69 Å². The van der Waals surface area contributed by atoms with Crippen molar-refractivity contribution in [3.8, 4) is 6.07 Å². The molecule has 3 heterocycles. The van der Waals surface area contributed by atoms with Gasteiger partial charge in [-0.1, -0.05) is 13.0 Å². The summed E-state index contributed by atoms with van der Waals surface area (Å²) in [6.45, 7) is 12.9. The van der Waals surface area contributed by atoms with Gasteiger partial charge in [0.2, 0.25) is 5.91 Å². The summed E-state index contributed by atoms with van der Waals surface area (Å²) >= 11 is 0. The van der Waals surface area contributed by atoms with E-state index in [9.17, 15) is 14.9 Å². The summed E-state index contributed by atoms with van der Waals surface area (Å²) in [6.07, 6.45) is 2.00. The van der Waals surface area contributed by atoms with Crippen LogP contribution in [0.2, 0.25) is 0 Å². The minimum absolute atomic E-state index is 0.0417. The van der Waals surface area contributed by atoms with E-state index >= 15 is 0 Å². The van der Waals surface area contributed by atoms with E-state index in [-0.39, 0.29) is 30.0 Å². The van der Waals surface area contributed by atoms with Crippen molar-refractivity contribution < 1.29 is 14.3 Å². The second kappa shape index (κ2) is 11.1. The minimum Gasteiger partial charge on any atom is -0.444 e. The second-order valence-electron chi connectivity index (χ2n) is 12.3. The van der Waals surface area contributed by atoms with E-state index in [1.54, 1.807) is 17.9 Å². The molecule has 0 radical (unpaired) electrons. The average Bonchev–Trinajstić information content (AvgIpc) is 3.74. The first-order chi connectivity index (χ1) is 19.0. The summed E-state index contributed by atoms with van der Waals surface area (Å²) in [7, 11) is 0. The molecule has 0 unspecified atom stereocenters. The third-order valence-corrected chi connectivity index (χ3v) is 8.08. The molecule has 2 fully saturated rings. The summed E-state index contributed by atoms with van der Waals surface area (Å²) in [4.78, 5) is 36.2. The van der Waals surface area contributed by atoms with Gasteiger partial charge in [-0.25, -0.2) is 9.78 Å². The van der Waals surface area contributed by atoms with Crippen LogP contribution in [0.3, 0.4) is 0 Å². The van der Waals surface area contributed by atoms with Gasteiger partial charge in [-0.15, -0.1) is 0 Å². The number of nitrogens with zero attached hydrogens (tertiary/aromatic N) is 5. The molecule has 0 bridgehead atoms. The number of nitrogens with one attached hydrogen (secondary N) is 1. The molecule has 212 valence electrons. The number of pyridine rings is 1. The highest BCUT2D eigenvalue weighted by atomic mass is 16.6. The Morgan fingerprint density at radius 1 is 1.12 bits per heavy atom. The lowest BCUT2D eigenvalue weighted by atomic mass is 9.79. The van der Waals surface area contributed by atoms with Crippen molar-refractivity contribution in [3.63, 3.8) is 0 Å². The molecule has 1 N–H and O–H groups in total. The molecule has 1 aromatic heterocycles. The number of benzene rings is 1. The van der Waals surface area contributed by atoms with E-state index in [0.29, 0.717) is 31.1 Å². The summed E-state index contributed by atoms with van der Waals surface area (Å²) in [6, 6.07) is 13.9. The van der Waals surface area contributed by atoms with Crippen LogP contribution >= 0.6 is 0 Å². The third-order valence-electron chi connectivity index (χ3n) is 8.08. The van der Waals surface area contributed by atoms with Crippen LogP contribution in [0.25, 0.3) is 0 Å². The largest absolute Gasteiger partial charge is 0.444 e. The number of carbonyl (C=O) groups excluding carboxylic acids is 2. The molecule has 2 amide bonds. The number of aromatic nitrogens is 1. The Hall–Kier alpha value is -3.64. The molecule has 0 spiro atoms. The first-order valence-electron chi connectivity index (χ1n) is 14.3. The number of carbonyl (C=O) groups is 2. The Morgan fingerprint density at radius 2 is 1.85 bits per heavy atom. The van der Waals surface area contributed by atoms with Crippen LogP contribution in [-0.2, 0) is 16.1 Å². The number of fused-ring (bicyclic) bond motifs is 1. The molecular formula is C31H40N6O3. The number of anilines is 2. The topological polar surface area (TPSA) is 102 Å². The van der Waals surface area contributed by atoms with Gasteiger partial charge in [0.1, 0.15) is 11.4 Å². The van der Waals surface area contributed by atoms with Crippen LogP contribution in [-0.4, -0.2) is 64.6 Å². The monoisotopic (exact) mass is 544 g/mol. The molecule has 1 aromatic carbocycles. The molecule has 3 atom stereocenters. The maximum atomic E-state index is 12.8. The molecule has 9 heteroatoms. The van der Waals surface area contributed by atoms with Crippen molar-refractivity contribution >= 4 is 23.5 Å². The van der Waals surface area contributed by atoms with Gasteiger partial charge in [0.15, 0.2) is 0 Å². The number of hydrogen-bond acceptors (Lipinski definition) is 7. The Balaban J connectivity index is 1.31. The van der Waals surface area contributed by atoms with Crippen molar-refractivity contribution in [2.75, 3.05) is 36.4 Å². The van der Waals surface area contributed by atoms with E-state index in [0.717, 1.165) is 48.7 Å². The van der Waals surface area contributed by atoms with Crippen LogP contribution in [0.4, 0.5) is 16.3 Å². The van der Waals surface area contributed by atoms with Crippen LogP contribution in [0.15, 0.2) is 36.4 Å². The SMILES string of the molecule is CC(=O)N1c2ccc(C#N)cc2[C@H](Nc2cccc(CN3CCN(C(=O)OC(C)(C)C)CC3)n2)[C@@H](C)[C@H]1C1CC1. The van der Waals surface area contributed by atoms with Gasteiger partial charge in [0.05, 0.1) is 23.4 Å². The van der Waals surface area contributed by atoms with Gasteiger partial charge >= 0.3 is 6.09 Å². The van der Waals surface area contributed by atoms with Crippen molar-refractivity contribution in [2.24, 2.45) is 11.8 Å². The molecule has 2 aromatic rings. The first-order valence-corrected chi connectivity index (χ1v) is 14.3. The number of piperazine rings is 1. The van der Waals surface area contributed by atoms with Crippen molar-refractivity contribution in [2.45, 2.75) is 71.7 Å². The highest BCUT2D eigenvalue weighted by Crippen LogP contribution is 2.50. The van der Waals surface area contributed by atoms with Crippen molar-refractivity contribution in [3.05, 3.63) is 53.2 Å². The zero-order chi connectivity index (χ0) is 28.6. The number of ether oxygens (including phenoxy) is 1. The summed E-state index contributed by atoms with van der Waals surface area (Å²) in [5, 5.41) is 13.3. The zero-order valence-corrected chi connectivity index (χ0v) is 24.2. The third kappa shape index (κ3) is 6.07. The number of hydrogen-bond donors (Lipinski definition) is 1. The number of rotatable bonds is 5. The molecule has 2 aliphatic heterocycles. The Kier molecular flexibility index (Phi) is 7.74. The van der Waals surface area contributed by atoms with E-state index in [1.165, 1.54) is 0 Å². The van der Waals surface area contributed by atoms with Crippen LogP contribution in [0, 0.1) is 23.2 Å². The second-order valence-corrected chi connectivity index (χ2v) is 12.3. The Morgan fingerprint density at radius 3 is 2.48 bits per heavy atom. The van der Waals surface area contributed by atoms with Gasteiger partial charge in [-0.05, 0) is 75.4 Å². The lowest BCUT2D eigenvalue weighted by Crippen LogP contribution is -2.51. The molecule has 3 aliphatic rings. The predicted molar refractivity (Wildman–Crippen MR) is 154 cm³/mol. The number of nitriles is 1. The summed E-state index contributed by atoms with van der Waals surface area (Å²) < 4.78 is 5.52. The van der Waals surface area contributed by atoms with Crippen LogP contribution < -0.4 is 10.2 Å². The smallest absolute Gasteiger partial charge is 0.410 e. The van der Waals surface area contributed by atoms with E-state index in [4.69, 9.17) is 9.72 Å². The predicted octanol–water partition coefficient (Wildman–Crippen LogP) is 4.94. The quantitative estimate of drug-likeness (QED) is 0.569. The van der Waals surface area contributed by atoms with Crippen LogP contribution in [0.1, 0.15) is 70.3 Å². The number of amides is 2. The molecule has 40 heavy (non-hydrogen) atoms. The fraction of sp³-hybridized carbons (Fsp3) is 0.548. The maximum Gasteiger partial charge on any atom is 0.410 e. The van der Waals surface area contributed by atoms with Crippen LogP contribution in [0.5, 0.6) is 0 Å². The van der Waals surface area contributed by atoms with Gasteiger partial charge in [-0.2, -0.15) is 5.26 Å². The lowest BCUT2D eigenvalue weighted by molar-refractivity contribution is -0.117. The molecule has 1 saturated heterocycles. The first kappa shape index (κ1) is 27.9. The Labute approximate surface area is 237 Å². The van der Waals surface area contributed by atoms with Gasteiger partial charge in [0.25, 0.3) is 0 Å². The standard InChI is InChI=1S/C31H40N6O3/c1-20-28(25-17-22(18-32)9-12-26(25)37(21(2)38)29(20)23-10-11-23)34-27-8-6-7-24(33-27)19-35-13-15-36(16-14-35)30(39)40-31(3,4)5/h6-9,12,17,20,23,28-29H,10-11,13-16,19H2,1-5H3,(H,33,34)/t20-,28-,29+/m1/s1. The molecule has 5 rings (SSSR count). The van der Waals surface area contributed by atoms with Crippen molar-refractivity contribution in [1.29, 1.82) is 5.26 Å². The van der Waals surface area contributed by atoms with Crippen molar-refractivity contribution in [1.82, 2.24) is 14.8 Å². The maximum absolute atomic E-state index is 12.8. The molecular weight excluding hydrogens is 504 g/mol. The molecule has 9 nitrogen and oxygen atoms in total. The summed E-state index contributed by atoms with van der Waals surface area (Å²) in [5.74, 6) is 1.45. The lowest BCUT2D eigenvalue weighted by Gasteiger charge is -2.46. The molecule has 1 aliphatic carbocycles. The van der Waals surface area contributed by atoms with E-state index < -0.39 is 5.60 Å². The highest BCUT2D eigenvalue weighted by Gasteiger charge is 2.47. The fourth-order valence-electron chi connectivity index (χ4n) is 6.09. The normalized spacial score (nSPS) is 23.2. The Bertz CT molecular complexity index is 1300. The zero-order valence-electron chi connectivity index (χ0n) is 24.2. The average molecular weight is 545 g/mol. The minimum atomic E-state index is -0.499.